The Morgan fingerprint density at radius 2 is 2.60 bits per heavy atom. The maximum atomic E-state index is 9.84. The molecule has 1 aromatic rings. The van der Waals surface area contributed by atoms with Crippen molar-refractivity contribution >= 4 is 0 Å². The van der Waals surface area contributed by atoms with Gasteiger partial charge in [0.05, 0.1) is 0 Å². The van der Waals surface area contributed by atoms with Gasteiger partial charge in [-0.25, -0.2) is 4.98 Å². The molecule has 0 aromatic carbocycles. The highest BCUT2D eigenvalue weighted by molar-refractivity contribution is 4.91. The second-order valence-corrected chi connectivity index (χ2v) is 1.92. The lowest BCUT2D eigenvalue weighted by Gasteiger charge is -1.97. The molecule has 1 heterocycles. The number of imidazole rings is 1. The number of hydrogen-bond acceptors (Lipinski definition) is 3. The van der Waals surface area contributed by atoms with Crippen LogP contribution in [0.5, 0.6) is 0 Å². The molecule has 10 heavy (non-hydrogen) atoms. The summed E-state index contributed by atoms with van der Waals surface area (Å²) in [7, 11) is 0. The maximum Gasteiger partial charge on any atom is 0.139 e. The third-order valence-corrected chi connectivity index (χ3v) is 1.35. The smallest absolute Gasteiger partial charge is 0.139 e. The summed E-state index contributed by atoms with van der Waals surface area (Å²) < 4.78 is 1.89. The minimum atomic E-state index is 0.167. The summed E-state index contributed by atoms with van der Waals surface area (Å²) in [6.07, 6.45) is 3.50. The average Bonchev–Trinajstić information content (AvgIpc) is 2.36. The number of aromatic nitrogens is 2. The van der Waals surface area contributed by atoms with Gasteiger partial charge in [0.15, 0.2) is 0 Å². The summed E-state index contributed by atoms with van der Waals surface area (Å²) in [4.78, 5) is 13.8. The Morgan fingerprint density at radius 1 is 1.80 bits per heavy atom. The quantitative estimate of drug-likeness (QED) is 0.590. The third-order valence-electron chi connectivity index (χ3n) is 1.35. The highest BCUT2D eigenvalue weighted by Gasteiger charge is 1.98. The van der Waals surface area contributed by atoms with Crippen LogP contribution in [0.4, 0.5) is 0 Å². The molecule has 0 aliphatic carbocycles. The monoisotopic (exact) mass is 139 g/mol. The Labute approximate surface area is 58.9 Å². The van der Waals surface area contributed by atoms with E-state index in [9.17, 15) is 4.91 Å². The molecule has 0 radical (unpaired) electrons. The second-order valence-electron chi connectivity index (χ2n) is 1.92. The van der Waals surface area contributed by atoms with Crippen LogP contribution in [0.25, 0.3) is 0 Å². The average molecular weight is 139 g/mol. The molecule has 0 fully saturated rings. The lowest BCUT2D eigenvalue weighted by molar-refractivity contribution is 0.698. The largest absolute Gasteiger partial charge is 0.334 e. The molecule has 0 spiro atoms. The molecule has 4 heteroatoms. The molecular formula is C6H9N3O. The number of nitroso groups, excluding NO2 is 1. The van der Waals surface area contributed by atoms with Crippen LogP contribution in [-0.2, 0) is 13.1 Å². The molecule has 0 saturated heterocycles. The molecule has 0 amide bonds. The van der Waals surface area contributed by atoms with Gasteiger partial charge in [-0.2, -0.15) is 4.91 Å². The lowest BCUT2D eigenvalue weighted by Crippen LogP contribution is -1.98. The van der Waals surface area contributed by atoms with Crippen molar-refractivity contribution in [3.63, 3.8) is 0 Å². The van der Waals surface area contributed by atoms with Gasteiger partial charge in [-0.05, 0) is 6.92 Å². The normalized spacial score (nSPS) is 9.70. The number of aryl methyl sites for hydroxylation is 1. The summed E-state index contributed by atoms with van der Waals surface area (Å²) >= 11 is 0. The van der Waals surface area contributed by atoms with Crippen molar-refractivity contribution < 1.29 is 0 Å². The molecule has 0 unspecified atom stereocenters. The van der Waals surface area contributed by atoms with E-state index >= 15 is 0 Å². The summed E-state index contributed by atoms with van der Waals surface area (Å²) in [5.41, 5.74) is 0. The van der Waals surface area contributed by atoms with Crippen LogP contribution in [0.2, 0.25) is 0 Å². The molecule has 0 aliphatic rings. The summed E-state index contributed by atoms with van der Waals surface area (Å²) in [6, 6.07) is 0. The van der Waals surface area contributed by atoms with E-state index < -0.39 is 0 Å². The first-order valence-corrected chi connectivity index (χ1v) is 3.17. The van der Waals surface area contributed by atoms with E-state index in [2.05, 4.69) is 10.2 Å². The molecule has 0 atom stereocenters. The van der Waals surface area contributed by atoms with Crippen LogP contribution in [-0.4, -0.2) is 9.55 Å². The van der Waals surface area contributed by atoms with E-state index in [0.717, 1.165) is 12.4 Å². The van der Waals surface area contributed by atoms with Crippen LogP contribution in [0, 0.1) is 4.91 Å². The summed E-state index contributed by atoms with van der Waals surface area (Å²) in [5.74, 6) is 0.734. The van der Waals surface area contributed by atoms with Gasteiger partial charge >= 0.3 is 0 Å². The number of nitrogens with zero attached hydrogens (tertiary/aromatic N) is 3. The zero-order valence-corrected chi connectivity index (χ0v) is 5.82. The predicted octanol–water partition coefficient (Wildman–Crippen LogP) is 1.17. The molecule has 0 saturated carbocycles. The van der Waals surface area contributed by atoms with Gasteiger partial charge in [0.1, 0.15) is 12.4 Å². The Kier molecular flexibility index (Phi) is 2.15. The van der Waals surface area contributed by atoms with Gasteiger partial charge < -0.3 is 4.57 Å². The SMILES string of the molecule is CCn1ccnc1CN=O. The van der Waals surface area contributed by atoms with Crippen LogP contribution < -0.4 is 0 Å². The summed E-state index contributed by atoms with van der Waals surface area (Å²) in [6.45, 7) is 3.00. The van der Waals surface area contributed by atoms with Crippen molar-refractivity contribution in [1.29, 1.82) is 0 Å². The van der Waals surface area contributed by atoms with E-state index in [4.69, 9.17) is 0 Å². The minimum Gasteiger partial charge on any atom is -0.334 e. The first kappa shape index (κ1) is 6.92. The van der Waals surface area contributed by atoms with Crippen molar-refractivity contribution in [3.8, 4) is 0 Å². The molecule has 0 N–H and O–H groups in total. The van der Waals surface area contributed by atoms with Gasteiger partial charge in [0.25, 0.3) is 0 Å². The zero-order valence-electron chi connectivity index (χ0n) is 5.82. The molecule has 1 aromatic heterocycles. The van der Waals surface area contributed by atoms with Gasteiger partial charge in [-0.3, -0.25) is 0 Å². The highest BCUT2D eigenvalue weighted by Crippen LogP contribution is 1.97. The van der Waals surface area contributed by atoms with Crippen LogP contribution in [0.15, 0.2) is 17.6 Å². The molecule has 0 bridgehead atoms. The Balaban J connectivity index is 2.79. The third kappa shape index (κ3) is 1.21. The van der Waals surface area contributed by atoms with Crippen molar-refractivity contribution in [3.05, 3.63) is 23.1 Å². The fourth-order valence-electron chi connectivity index (χ4n) is 0.837. The second kappa shape index (κ2) is 3.10. The van der Waals surface area contributed by atoms with Gasteiger partial charge in [0.2, 0.25) is 0 Å². The molecule has 4 nitrogen and oxygen atoms in total. The maximum absolute atomic E-state index is 9.84. The van der Waals surface area contributed by atoms with Gasteiger partial charge in [0, 0.05) is 18.9 Å². The van der Waals surface area contributed by atoms with E-state index in [1.54, 1.807) is 6.20 Å². The Bertz CT molecular complexity index is 219. The topological polar surface area (TPSA) is 47.2 Å². The van der Waals surface area contributed by atoms with E-state index in [-0.39, 0.29) is 6.54 Å². The first-order chi connectivity index (χ1) is 4.88. The Hall–Kier alpha value is -1.19. The number of hydrogen-bond donors (Lipinski definition) is 0. The van der Waals surface area contributed by atoms with Crippen molar-refractivity contribution in [2.75, 3.05) is 0 Å². The standard InChI is InChI=1S/C6H9N3O/c1-2-9-4-3-7-6(9)5-8-10/h3-4H,2,5H2,1H3. The van der Waals surface area contributed by atoms with Crippen LogP contribution in [0.1, 0.15) is 12.7 Å². The molecule has 1 rings (SSSR count). The molecule has 0 aliphatic heterocycles. The fraction of sp³-hybridized carbons (Fsp3) is 0.500. The highest BCUT2D eigenvalue weighted by atomic mass is 16.3. The zero-order chi connectivity index (χ0) is 7.40. The lowest BCUT2D eigenvalue weighted by atomic mass is 10.6. The van der Waals surface area contributed by atoms with Gasteiger partial charge in [-0.1, -0.05) is 5.18 Å². The van der Waals surface area contributed by atoms with Crippen molar-refractivity contribution in [2.45, 2.75) is 20.0 Å². The summed E-state index contributed by atoms with van der Waals surface area (Å²) in [5, 5.41) is 2.75. The fourth-order valence-corrected chi connectivity index (χ4v) is 0.837. The minimum absolute atomic E-state index is 0.167. The van der Waals surface area contributed by atoms with Crippen molar-refractivity contribution in [1.82, 2.24) is 9.55 Å². The van der Waals surface area contributed by atoms with E-state index in [0.29, 0.717) is 0 Å². The van der Waals surface area contributed by atoms with E-state index in [1.807, 2.05) is 17.7 Å². The van der Waals surface area contributed by atoms with Crippen LogP contribution in [0.3, 0.4) is 0 Å². The predicted molar refractivity (Wildman–Crippen MR) is 37.4 cm³/mol. The van der Waals surface area contributed by atoms with Crippen molar-refractivity contribution in [2.24, 2.45) is 5.18 Å². The molecular weight excluding hydrogens is 130 g/mol. The first-order valence-electron chi connectivity index (χ1n) is 3.17. The molecule has 54 valence electrons. The Morgan fingerprint density at radius 3 is 3.20 bits per heavy atom. The van der Waals surface area contributed by atoms with Gasteiger partial charge in [-0.15, -0.1) is 0 Å². The van der Waals surface area contributed by atoms with Crippen LogP contribution >= 0.6 is 0 Å². The number of rotatable bonds is 3. The van der Waals surface area contributed by atoms with E-state index in [1.165, 1.54) is 0 Å².